The van der Waals surface area contributed by atoms with E-state index >= 15 is 0 Å². The number of aryl methyl sites for hydroxylation is 1. The number of nitrogens with zero attached hydrogens (tertiary/aromatic N) is 3. The number of rotatable bonds is 3. The summed E-state index contributed by atoms with van der Waals surface area (Å²) in [5.74, 6) is -1.73. The van der Waals surface area contributed by atoms with Gasteiger partial charge in [0.25, 0.3) is 0 Å². The van der Waals surface area contributed by atoms with Gasteiger partial charge in [-0.1, -0.05) is 12.1 Å². The number of anilines is 2. The van der Waals surface area contributed by atoms with Crippen molar-refractivity contribution in [1.82, 2.24) is 15.1 Å². The van der Waals surface area contributed by atoms with Crippen molar-refractivity contribution in [3.8, 4) is 0 Å². The first kappa shape index (κ1) is 16.9. The molecule has 2 aromatic rings. The summed E-state index contributed by atoms with van der Waals surface area (Å²) in [5.41, 5.74) is 0.973. The van der Waals surface area contributed by atoms with Crippen molar-refractivity contribution in [3.05, 3.63) is 42.5 Å². The summed E-state index contributed by atoms with van der Waals surface area (Å²) in [6, 6.07) is 6.35. The van der Waals surface area contributed by atoms with Gasteiger partial charge in [0.1, 0.15) is 5.82 Å². The van der Waals surface area contributed by atoms with Crippen molar-refractivity contribution in [2.75, 3.05) is 23.3 Å². The highest BCUT2D eigenvalue weighted by molar-refractivity contribution is 6.39. The van der Waals surface area contributed by atoms with Gasteiger partial charge >= 0.3 is 11.8 Å². The molecule has 0 aliphatic carbocycles. The molecule has 1 saturated heterocycles. The predicted octanol–water partition coefficient (Wildman–Crippen LogP) is 1.28. The molecule has 1 aromatic heterocycles. The minimum Gasteiger partial charge on any atom is -0.367 e. The molecular formula is C17H20FN5O2. The van der Waals surface area contributed by atoms with Crippen LogP contribution in [0.3, 0.4) is 0 Å². The Labute approximate surface area is 144 Å². The molecule has 1 aliphatic rings. The average molecular weight is 345 g/mol. The van der Waals surface area contributed by atoms with Gasteiger partial charge in [0, 0.05) is 32.4 Å². The van der Waals surface area contributed by atoms with Crippen molar-refractivity contribution in [3.63, 3.8) is 0 Å². The van der Waals surface area contributed by atoms with Gasteiger partial charge in [-0.25, -0.2) is 4.39 Å². The topological polar surface area (TPSA) is 79.3 Å². The van der Waals surface area contributed by atoms with E-state index in [0.717, 1.165) is 19.4 Å². The van der Waals surface area contributed by atoms with Crippen LogP contribution >= 0.6 is 0 Å². The van der Waals surface area contributed by atoms with Crippen LogP contribution in [0.4, 0.5) is 15.8 Å². The van der Waals surface area contributed by atoms with E-state index in [4.69, 9.17) is 0 Å². The van der Waals surface area contributed by atoms with E-state index in [1.54, 1.807) is 31.4 Å². The van der Waals surface area contributed by atoms with Crippen LogP contribution in [0.15, 0.2) is 36.7 Å². The summed E-state index contributed by atoms with van der Waals surface area (Å²) in [4.78, 5) is 25.9. The van der Waals surface area contributed by atoms with E-state index in [9.17, 15) is 14.0 Å². The molecular weight excluding hydrogens is 325 g/mol. The molecule has 2 heterocycles. The molecule has 1 aliphatic heterocycles. The first-order valence-electron chi connectivity index (χ1n) is 8.13. The van der Waals surface area contributed by atoms with Crippen LogP contribution in [0.2, 0.25) is 0 Å². The lowest BCUT2D eigenvalue weighted by molar-refractivity contribution is -0.136. The molecule has 0 spiro atoms. The Morgan fingerprint density at radius 3 is 2.80 bits per heavy atom. The van der Waals surface area contributed by atoms with E-state index in [0.29, 0.717) is 17.9 Å². The van der Waals surface area contributed by atoms with Crippen LogP contribution in [-0.2, 0) is 16.6 Å². The lowest BCUT2D eigenvalue weighted by atomic mass is 10.0. The monoisotopic (exact) mass is 345 g/mol. The van der Waals surface area contributed by atoms with Gasteiger partial charge in [-0.05, 0) is 25.0 Å². The summed E-state index contributed by atoms with van der Waals surface area (Å²) >= 11 is 0. The molecule has 0 saturated carbocycles. The Morgan fingerprint density at radius 1 is 1.28 bits per heavy atom. The summed E-state index contributed by atoms with van der Waals surface area (Å²) in [5, 5.41) is 9.14. The number of nitrogens with one attached hydrogen (secondary N) is 2. The number of benzene rings is 1. The number of halogens is 1. The number of carbonyl (C=O) groups excluding carboxylic acids is 2. The number of aromatic nitrogens is 2. The smallest absolute Gasteiger partial charge is 0.313 e. The maximum atomic E-state index is 13.9. The molecule has 7 nitrogen and oxygen atoms in total. The normalized spacial score (nSPS) is 17.2. The highest BCUT2D eigenvalue weighted by Gasteiger charge is 2.25. The Balaban J connectivity index is 1.57. The molecule has 0 bridgehead atoms. The zero-order chi connectivity index (χ0) is 17.8. The van der Waals surface area contributed by atoms with E-state index in [1.165, 1.54) is 16.9 Å². The molecule has 2 amide bonds. The van der Waals surface area contributed by atoms with Crippen LogP contribution in [0.1, 0.15) is 12.8 Å². The van der Waals surface area contributed by atoms with Crippen LogP contribution in [0.5, 0.6) is 0 Å². The molecule has 1 atom stereocenters. The van der Waals surface area contributed by atoms with E-state index in [-0.39, 0.29) is 11.9 Å². The van der Waals surface area contributed by atoms with E-state index in [1.807, 2.05) is 4.90 Å². The van der Waals surface area contributed by atoms with Crippen LogP contribution in [0, 0.1) is 5.82 Å². The molecule has 3 rings (SSSR count). The zero-order valence-corrected chi connectivity index (χ0v) is 13.9. The zero-order valence-electron chi connectivity index (χ0n) is 13.9. The highest BCUT2D eigenvalue weighted by atomic mass is 19.1. The third kappa shape index (κ3) is 4.14. The maximum absolute atomic E-state index is 13.9. The van der Waals surface area contributed by atoms with Gasteiger partial charge < -0.3 is 15.5 Å². The van der Waals surface area contributed by atoms with Gasteiger partial charge in [-0.2, -0.15) is 5.10 Å². The number of piperidine rings is 1. The molecule has 1 fully saturated rings. The molecule has 1 aromatic carbocycles. The predicted molar refractivity (Wildman–Crippen MR) is 91.6 cm³/mol. The first-order chi connectivity index (χ1) is 12.0. The Bertz CT molecular complexity index is 776. The number of amides is 2. The van der Waals surface area contributed by atoms with Crippen LogP contribution in [-0.4, -0.2) is 40.7 Å². The highest BCUT2D eigenvalue weighted by Crippen LogP contribution is 2.22. The largest absolute Gasteiger partial charge is 0.367 e. The van der Waals surface area contributed by atoms with E-state index in [2.05, 4.69) is 15.7 Å². The summed E-state index contributed by atoms with van der Waals surface area (Å²) in [6.07, 6.45) is 4.62. The standard InChI is InChI=1S/C17H20FN5O2/c1-22-10-13(9-19-22)21-17(25)16(24)20-12-5-4-8-23(11-12)15-7-3-2-6-14(15)18/h2-3,6-7,9-10,12H,4-5,8,11H2,1H3,(H,20,24)(H,21,25). The van der Waals surface area contributed by atoms with E-state index < -0.39 is 11.8 Å². The quantitative estimate of drug-likeness (QED) is 0.822. The lowest BCUT2D eigenvalue weighted by Gasteiger charge is -2.34. The minimum atomic E-state index is -0.740. The van der Waals surface area contributed by atoms with Crippen molar-refractivity contribution in [2.45, 2.75) is 18.9 Å². The van der Waals surface area contributed by atoms with Gasteiger partial charge in [0.15, 0.2) is 0 Å². The summed E-state index contributed by atoms with van der Waals surface area (Å²) in [6.45, 7) is 1.18. The number of hydrogen-bond donors (Lipinski definition) is 2. The number of hydrogen-bond acceptors (Lipinski definition) is 4. The third-order valence-corrected chi connectivity index (χ3v) is 4.12. The second-order valence-electron chi connectivity index (χ2n) is 6.07. The van der Waals surface area contributed by atoms with Crippen molar-refractivity contribution in [1.29, 1.82) is 0 Å². The summed E-state index contributed by atoms with van der Waals surface area (Å²) in [7, 11) is 1.72. The Kier molecular flexibility index (Phi) is 4.97. The second kappa shape index (κ2) is 7.33. The molecule has 0 radical (unpaired) electrons. The maximum Gasteiger partial charge on any atom is 0.313 e. The van der Waals surface area contributed by atoms with Crippen molar-refractivity contribution < 1.29 is 14.0 Å². The second-order valence-corrected chi connectivity index (χ2v) is 6.07. The van der Waals surface area contributed by atoms with Gasteiger partial charge in [-0.15, -0.1) is 0 Å². The SMILES string of the molecule is Cn1cc(NC(=O)C(=O)NC2CCCN(c3ccccc3F)C2)cn1. The molecule has 25 heavy (non-hydrogen) atoms. The fraction of sp³-hybridized carbons (Fsp3) is 0.353. The molecule has 2 N–H and O–H groups in total. The van der Waals surface area contributed by atoms with Crippen LogP contribution in [0.25, 0.3) is 0 Å². The van der Waals surface area contributed by atoms with Crippen molar-refractivity contribution >= 4 is 23.2 Å². The molecule has 1 unspecified atom stereocenters. The lowest BCUT2D eigenvalue weighted by Crippen LogP contribution is -2.50. The minimum absolute atomic E-state index is 0.208. The van der Waals surface area contributed by atoms with Gasteiger partial charge in [0.05, 0.1) is 17.6 Å². The first-order valence-corrected chi connectivity index (χ1v) is 8.13. The van der Waals surface area contributed by atoms with Gasteiger partial charge in [-0.3, -0.25) is 14.3 Å². The van der Waals surface area contributed by atoms with Crippen LogP contribution < -0.4 is 15.5 Å². The summed E-state index contributed by atoms with van der Waals surface area (Å²) < 4.78 is 15.5. The number of para-hydroxylation sites is 1. The Hall–Kier alpha value is -2.90. The number of carbonyl (C=O) groups is 2. The molecule has 132 valence electrons. The Morgan fingerprint density at radius 2 is 2.08 bits per heavy atom. The fourth-order valence-electron chi connectivity index (χ4n) is 2.95. The molecule has 8 heteroatoms. The van der Waals surface area contributed by atoms with Crippen molar-refractivity contribution in [2.24, 2.45) is 7.05 Å². The average Bonchev–Trinajstić information content (AvgIpc) is 3.00. The van der Waals surface area contributed by atoms with Gasteiger partial charge in [0.2, 0.25) is 0 Å². The fourth-order valence-corrected chi connectivity index (χ4v) is 2.95. The third-order valence-electron chi connectivity index (χ3n) is 4.12.